The molecule has 2 atom stereocenters. The van der Waals surface area contributed by atoms with Crippen molar-refractivity contribution < 1.29 is 78.6 Å². The molecule has 0 saturated carbocycles. The number of aliphatic carboxylic acids is 2. The van der Waals surface area contributed by atoms with Crippen molar-refractivity contribution in [2.75, 3.05) is 25.6 Å². The first kappa shape index (κ1) is 33.2. The van der Waals surface area contributed by atoms with Crippen LogP contribution in [0, 0.1) is 0 Å². The van der Waals surface area contributed by atoms with Gasteiger partial charge in [0.25, 0.3) is 29.2 Å². The molecular formula is C25H20N6O16S. The predicted molar refractivity (Wildman–Crippen MR) is 148 cm³/mol. The van der Waals surface area contributed by atoms with Crippen LogP contribution in [0.4, 0.5) is 5.13 Å². The van der Waals surface area contributed by atoms with Gasteiger partial charge in [-0.05, 0) is 12.1 Å². The maximum Gasteiger partial charge on any atom is 0.377 e. The molecule has 4 amide bonds. The van der Waals surface area contributed by atoms with Crippen LogP contribution in [0.1, 0.15) is 26.4 Å². The van der Waals surface area contributed by atoms with E-state index in [0.717, 1.165) is 23.5 Å². The number of carboxylic acid groups (broad SMARTS) is 2. The van der Waals surface area contributed by atoms with Gasteiger partial charge in [0, 0.05) is 11.5 Å². The number of nitrogens with one attached hydrogen (secondary N) is 1. The van der Waals surface area contributed by atoms with E-state index >= 15 is 0 Å². The first-order valence-electron chi connectivity index (χ1n) is 13.0. The van der Waals surface area contributed by atoms with Crippen LogP contribution in [0.15, 0.2) is 34.4 Å². The van der Waals surface area contributed by atoms with Crippen molar-refractivity contribution in [1.82, 2.24) is 20.3 Å². The predicted octanol–water partition coefficient (Wildman–Crippen LogP) is -3.56. The number of hydrogen-bond donors (Lipinski definition) is 8. The zero-order valence-electron chi connectivity index (χ0n) is 23.5. The van der Waals surface area contributed by atoms with E-state index < -0.39 is 113 Å². The minimum Gasteiger partial charge on any atom is -0.504 e. The molecule has 5 rings (SSSR count). The number of anilines is 1. The highest BCUT2D eigenvalue weighted by atomic mass is 32.1. The van der Waals surface area contributed by atoms with Crippen molar-refractivity contribution in [1.29, 1.82) is 0 Å². The lowest BCUT2D eigenvalue weighted by molar-refractivity contribution is -0.246. The number of phenols is 2. The number of thiazole rings is 1. The molecule has 1 saturated heterocycles. The second-order valence-electron chi connectivity index (χ2n) is 9.93. The van der Waals surface area contributed by atoms with Crippen LogP contribution in [0.5, 0.6) is 11.5 Å². The van der Waals surface area contributed by atoms with Crippen LogP contribution >= 0.6 is 11.3 Å². The molecule has 22 nitrogen and oxygen atoms in total. The number of esters is 1. The number of aromatic hydroxyl groups is 2. The number of carbonyl (C=O) groups excluding carboxylic acids is 5. The minimum atomic E-state index is -3.13. The van der Waals surface area contributed by atoms with E-state index in [9.17, 15) is 64.2 Å². The maximum absolute atomic E-state index is 13.4. The molecule has 3 aliphatic heterocycles. The third-order valence-electron chi connectivity index (χ3n) is 6.99. The summed E-state index contributed by atoms with van der Waals surface area (Å²) < 4.78 is 4.95. The summed E-state index contributed by atoms with van der Waals surface area (Å²) in [5, 5.41) is 64.5. The molecule has 9 N–H and O–H groups in total. The van der Waals surface area contributed by atoms with Crippen molar-refractivity contribution in [2.24, 2.45) is 5.16 Å². The average molecular weight is 693 g/mol. The Morgan fingerprint density at radius 1 is 1.10 bits per heavy atom. The van der Waals surface area contributed by atoms with Gasteiger partial charge in [0.2, 0.25) is 0 Å². The number of hydroxylamine groups is 2. The van der Waals surface area contributed by atoms with Crippen LogP contribution in [0.2, 0.25) is 0 Å². The average Bonchev–Trinajstić information content (AvgIpc) is 3.77. The Labute approximate surface area is 268 Å². The number of oxime groups is 1. The first-order chi connectivity index (χ1) is 22.6. The topological polar surface area (TPSA) is 338 Å². The molecule has 3 aliphatic rings. The molecule has 1 fully saturated rings. The van der Waals surface area contributed by atoms with Gasteiger partial charge in [-0.25, -0.2) is 24.3 Å². The van der Waals surface area contributed by atoms with E-state index in [0.29, 0.717) is 6.08 Å². The number of amides is 4. The quantitative estimate of drug-likeness (QED) is 0.0371. The number of aliphatic hydroxyl groups is 2. The van der Waals surface area contributed by atoms with Gasteiger partial charge in [0.05, 0.1) is 24.3 Å². The molecule has 23 heteroatoms. The number of phenolic OH excluding ortho intramolecular Hbond substituents is 2. The molecule has 0 radical (unpaired) electrons. The summed E-state index contributed by atoms with van der Waals surface area (Å²) >= 11 is 0.811. The zero-order chi connectivity index (χ0) is 35.3. The smallest absolute Gasteiger partial charge is 0.377 e. The molecule has 0 spiro atoms. The number of imide groups is 1. The summed E-state index contributed by atoms with van der Waals surface area (Å²) in [4.78, 5) is 103. The number of ether oxygens (including phenoxy) is 1. The molecule has 1 unspecified atom stereocenters. The highest BCUT2D eigenvalue weighted by molar-refractivity contribution is 7.13. The maximum atomic E-state index is 13.4. The molecule has 1 aromatic heterocycles. The fourth-order valence-corrected chi connectivity index (χ4v) is 4.98. The highest BCUT2D eigenvalue weighted by Gasteiger charge is 2.61. The van der Waals surface area contributed by atoms with Crippen molar-refractivity contribution in [3.63, 3.8) is 0 Å². The standard InChI is InChI=1S/C25H20N6O16S/c26-23-28-11(5-48-23)15(29-47-24(6-32,7-33)21(41)42)16(36)27-10-4-45-31(19(10)39)25(22(43)44)3-12(20(40)46-25)30-17(37)8-1-13(34)14(35)2-9(8)18(30)38/h1-3,5,10,32-35H,4,6-7H2,(H2,26,28)(H,27,36)(H,41,42)(H,43,44)/b29-15-/t10-,25?/m0/s1. The van der Waals surface area contributed by atoms with Gasteiger partial charge >= 0.3 is 23.6 Å². The van der Waals surface area contributed by atoms with Crippen LogP contribution in [-0.4, -0.2) is 130 Å². The number of aromatic nitrogens is 1. The van der Waals surface area contributed by atoms with Gasteiger partial charge in [-0.15, -0.1) is 11.3 Å². The van der Waals surface area contributed by atoms with Crippen LogP contribution in [-0.2, 0) is 38.4 Å². The fraction of sp³-hybridized carbons (Fsp3) is 0.240. The van der Waals surface area contributed by atoms with Gasteiger partial charge in [-0.1, -0.05) is 5.16 Å². The van der Waals surface area contributed by atoms with Crippen molar-refractivity contribution >= 4 is 63.7 Å². The van der Waals surface area contributed by atoms with E-state index in [-0.39, 0.29) is 20.8 Å². The third kappa shape index (κ3) is 5.16. The molecule has 4 heterocycles. The number of nitrogens with two attached hydrogens (primary N) is 1. The van der Waals surface area contributed by atoms with E-state index in [1.165, 1.54) is 5.38 Å². The van der Waals surface area contributed by atoms with Gasteiger partial charge in [-0.2, -0.15) is 5.06 Å². The first-order valence-corrected chi connectivity index (χ1v) is 13.8. The lowest BCUT2D eigenvalue weighted by Gasteiger charge is -2.29. The monoisotopic (exact) mass is 692 g/mol. The van der Waals surface area contributed by atoms with E-state index in [4.69, 9.17) is 20.1 Å². The molecule has 48 heavy (non-hydrogen) atoms. The van der Waals surface area contributed by atoms with Crippen molar-refractivity contribution in [3.8, 4) is 11.5 Å². The largest absolute Gasteiger partial charge is 0.504 e. The number of nitrogen functional groups attached to an aromatic ring is 1. The zero-order valence-corrected chi connectivity index (χ0v) is 24.4. The Morgan fingerprint density at radius 2 is 1.71 bits per heavy atom. The van der Waals surface area contributed by atoms with Crippen molar-refractivity contribution in [3.05, 3.63) is 46.1 Å². The molecule has 0 bridgehead atoms. The minimum absolute atomic E-state index is 0.0438. The summed E-state index contributed by atoms with van der Waals surface area (Å²) in [6.07, 6.45) is 0.426. The van der Waals surface area contributed by atoms with E-state index in [2.05, 4.69) is 15.5 Å². The van der Waals surface area contributed by atoms with Gasteiger partial charge < -0.3 is 51.3 Å². The third-order valence-corrected chi connectivity index (χ3v) is 7.66. The molecule has 252 valence electrons. The number of carbonyl (C=O) groups is 7. The number of aliphatic hydroxyl groups excluding tert-OH is 2. The lowest BCUT2D eigenvalue weighted by Crippen LogP contribution is -2.56. The second-order valence-corrected chi connectivity index (χ2v) is 10.8. The molecule has 1 aromatic carbocycles. The Bertz CT molecular complexity index is 1830. The van der Waals surface area contributed by atoms with Crippen LogP contribution in [0.3, 0.4) is 0 Å². The Balaban J connectivity index is 1.42. The van der Waals surface area contributed by atoms with Crippen LogP contribution in [0.25, 0.3) is 0 Å². The number of carboxylic acids is 2. The number of cyclic esters (lactones) is 1. The molecule has 0 aliphatic carbocycles. The summed E-state index contributed by atoms with van der Waals surface area (Å²) in [5.74, 6) is -12.1. The Kier molecular flexibility index (Phi) is 8.22. The number of hydrogen-bond acceptors (Lipinski definition) is 18. The highest BCUT2D eigenvalue weighted by Crippen LogP contribution is 2.39. The number of nitrogens with zero attached hydrogens (tertiary/aromatic N) is 4. The summed E-state index contributed by atoms with van der Waals surface area (Å²) in [6.45, 7) is -3.39. The Morgan fingerprint density at radius 3 is 2.21 bits per heavy atom. The SMILES string of the molecule is Nc1nc(/C(=N/OC(CO)(CO)C(=O)O)C(=O)N[C@H]2CON(C3(C(=O)O)C=C(N4C(=O)c5cc(O)c(O)cc5C4=O)C(=O)O3)C2=O)cs1. The number of rotatable bonds is 11. The van der Waals surface area contributed by atoms with Gasteiger partial charge in [0.1, 0.15) is 24.0 Å². The van der Waals surface area contributed by atoms with Crippen LogP contribution < -0.4 is 11.1 Å². The lowest BCUT2D eigenvalue weighted by atomic mass is 10.1. The van der Waals surface area contributed by atoms with Gasteiger partial charge in [0.15, 0.2) is 22.3 Å². The Hall–Kier alpha value is -6.17. The van der Waals surface area contributed by atoms with E-state index in [1.54, 1.807) is 0 Å². The van der Waals surface area contributed by atoms with Crippen molar-refractivity contribution in [2.45, 2.75) is 17.4 Å². The summed E-state index contributed by atoms with van der Waals surface area (Å²) in [6, 6.07) is -0.265. The number of benzene rings is 1. The second kappa shape index (κ2) is 11.9. The molecular weight excluding hydrogens is 672 g/mol. The summed E-state index contributed by atoms with van der Waals surface area (Å²) in [7, 11) is 0. The number of fused-ring (bicyclic) bond motifs is 1. The fourth-order valence-electron chi connectivity index (χ4n) is 4.43. The molecule has 2 aromatic rings. The van der Waals surface area contributed by atoms with E-state index in [1.807, 2.05) is 0 Å². The summed E-state index contributed by atoms with van der Waals surface area (Å²) in [5.41, 5.74) is -3.23. The normalized spacial score (nSPS) is 20.9. The van der Waals surface area contributed by atoms with Gasteiger partial charge in [-0.3, -0.25) is 24.0 Å².